The van der Waals surface area contributed by atoms with Gasteiger partial charge in [0.25, 0.3) is 0 Å². The zero-order valence-electron chi connectivity index (χ0n) is 14.6. The Bertz CT molecular complexity index is 685. The van der Waals surface area contributed by atoms with Gasteiger partial charge in [-0.2, -0.15) is 0 Å². The summed E-state index contributed by atoms with van der Waals surface area (Å²) in [5.41, 5.74) is 1.36. The number of thioether (sulfide) groups is 1. The minimum atomic E-state index is -0.131. The van der Waals surface area contributed by atoms with Crippen molar-refractivity contribution in [3.63, 3.8) is 0 Å². The van der Waals surface area contributed by atoms with E-state index in [1.54, 1.807) is 4.90 Å². The molecule has 1 aliphatic heterocycles. The first kappa shape index (κ1) is 18.2. The Morgan fingerprint density at radius 3 is 2.68 bits per heavy atom. The van der Waals surface area contributed by atoms with Gasteiger partial charge in [0.2, 0.25) is 11.0 Å². The van der Waals surface area contributed by atoms with Crippen molar-refractivity contribution in [1.29, 1.82) is 0 Å². The van der Waals surface area contributed by atoms with Crippen molar-refractivity contribution >= 4 is 34.1 Å². The van der Waals surface area contributed by atoms with Crippen LogP contribution in [0.1, 0.15) is 12.5 Å². The van der Waals surface area contributed by atoms with Crippen LogP contribution in [0.15, 0.2) is 34.7 Å². The first-order chi connectivity index (χ1) is 12.2. The van der Waals surface area contributed by atoms with E-state index >= 15 is 0 Å². The average Bonchev–Trinajstić information content (AvgIpc) is 3.10. The zero-order chi connectivity index (χ0) is 17.6. The molecule has 0 bridgehead atoms. The maximum absolute atomic E-state index is 12.7. The highest BCUT2D eigenvalue weighted by molar-refractivity contribution is 8.02. The number of benzene rings is 1. The highest BCUT2D eigenvalue weighted by atomic mass is 32.2. The van der Waals surface area contributed by atoms with Gasteiger partial charge in [0.15, 0.2) is 4.34 Å². The summed E-state index contributed by atoms with van der Waals surface area (Å²) in [6.07, 6.45) is 0. The summed E-state index contributed by atoms with van der Waals surface area (Å²) >= 11 is 2.97. The van der Waals surface area contributed by atoms with E-state index < -0.39 is 0 Å². The number of rotatable bonds is 6. The Morgan fingerprint density at radius 1 is 1.32 bits per heavy atom. The number of hydrogen-bond donors (Lipinski definition) is 2. The molecule has 0 unspecified atom stereocenters. The fraction of sp³-hybridized carbons (Fsp3) is 0.471. The summed E-state index contributed by atoms with van der Waals surface area (Å²) < 4.78 is 0.832. The molecular weight excluding hydrogens is 354 g/mol. The maximum atomic E-state index is 12.7. The smallest absolute Gasteiger partial charge is 0.236 e. The lowest BCUT2D eigenvalue weighted by Crippen LogP contribution is -3.13. The average molecular weight is 379 g/mol. The Balaban J connectivity index is 1.47. The highest BCUT2D eigenvalue weighted by Gasteiger charge is 2.28. The largest absolute Gasteiger partial charge is 0.363 e. The van der Waals surface area contributed by atoms with Crippen LogP contribution in [0.5, 0.6) is 0 Å². The predicted molar refractivity (Wildman–Crippen MR) is 102 cm³/mol. The third-order valence-corrected chi connectivity index (χ3v) is 6.44. The minimum Gasteiger partial charge on any atom is -0.363 e. The van der Waals surface area contributed by atoms with Crippen molar-refractivity contribution in [3.8, 4) is 0 Å². The topological polar surface area (TPSA) is 62.6 Å². The van der Waals surface area contributed by atoms with Crippen LogP contribution < -0.4 is 10.2 Å². The summed E-state index contributed by atoms with van der Waals surface area (Å²) in [5, 5.41) is 11.7. The van der Waals surface area contributed by atoms with E-state index in [0.717, 1.165) is 42.2 Å². The van der Waals surface area contributed by atoms with E-state index in [1.165, 1.54) is 28.7 Å². The summed E-state index contributed by atoms with van der Waals surface area (Å²) in [6, 6.07) is 10.6. The first-order valence-electron chi connectivity index (χ1n) is 8.50. The number of nitrogens with zero attached hydrogens (tertiary/aromatic N) is 3. The van der Waals surface area contributed by atoms with Gasteiger partial charge in [0.05, 0.1) is 31.4 Å². The van der Waals surface area contributed by atoms with Crippen LogP contribution >= 0.6 is 23.1 Å². The van der Waals surface area contributed by atoms with Gasteiger partial charge in [-0.25, -0.2) is 0 Å². The van der Waals surface area contributed by atoms with Crippen LogP contribution in [0.2, 0.25) is 0 Å². The van der Waals surface area contributed by atoms with Crippen LogP contribution in [0.3, 0.4) is 0 Å². The lowest BCUT2D eigenvalue weighted by Gasteiger charge is -2.33. The molecule has 1 saturated heterocycles. The Kier molecular flexibility index (Phi) is 6.28. The van der Waals surface area contributed by atoms with Gasteiger partial charge < -0.3 is 15.1 Å². The fourth-order valence-electron chi connectivity index (χ4n) is 2.92. The summed E-state index contributed by atoms with van der Waals surface area (Å²) in [6.45, 7) is 6.64. The molecule has 0 aliphatic carbocycles. The molecule has 1 fully saturated rings. The van der Waals surface area contributed by atoms with E-state index in [1.807, 2.05) is 24.9 Å². The van der Waals surface area contributed by atoms with Crippen LogP contribution in [0, 0.1) is 0 Å². The number of carbonyl (C=O) groups is 1. The molecule has 3 rings (SSSR count). The van der Waals surface area contributed by atoms with Crippen LogP contribution in [-0.4, -0.2) is 59.5 Å². The monoisotopic (exact) mass is 378 g/mol. The molecule has 0 saturated carbocycles. The molecule has 1 aromatic carbocycles. The normalized spacial score (nSPS) is 16.6. The quantitative estimate of drug-likeness (QED) is 0.734. The van der Waals surface area contributed by atoms with E-state index in [2.05, 4.69) is 39.8 Å². The van der Waals surface area contributed by atoms with E-state index in [9.17, 15) is 4.79 Å². The van der Waals surface area contributed by atoms with Gasteiger partial charge in [-0.3, -0.25) is 4.79 Å². The third-order valence-electron chi connectivity index (χ3n) is 4.32. The van der Waals surface area contributed by atoms with E-state index in [4.69, 9.17) is 0 Å². The summed E-state index contributed by atoms with van der Waals surface area (Å²) in [7, 11) is 1.82. The van der Waals surface area contributed by atoms with Crippen LogP contribution in [0.4, 0.5) is 5.13 Å². The molecular formula is C17H24N5OS2+. The van der Waals surface area contributed by atoms with Gasteiger partial charge in [-0.05, 0) is 6.92 Å². The van der Waals surface area contributed by atoms with Gasteiger partial charge in [-0.15, -0.1) is 10.2 Å². The number of carbonyl (C=O) groups excluding carboxylic acids is 1. The molecule has 8 heteroatoms. The molecule has 1 aliphatic rings. The SMILES string of the molecule is CNc1nnc(S[C@H](C)C(=O)N2CC[NH+](Cc3ccccc3)CC2)s1. The number of hydrogen-bond acceptors (Lipinski definition) is 6. The summed E-state index contributed by atoms with van der Waals surface area (Å²) in [5.74, 6) is 0.199. The third kappa shape index (κ3) is 4.93. The standard InChI is InChI=1S/C17H23N5OS2/c1-13(24-17-20-19-16(18-2)25-17)15(23)22-10-8-21(9-11-22)12-14-6-4-3-5-7-14/h3-7,13H,8-12H2,1-2H3,(H,18,19)/p+1/t13-/m1/s1. The minimum absolute atomic E-state index is 0.131. The molecule has 2 aromatic rings. The first-order valence-corrected chi connectivity index (χ1v) is 10.2. The van der Waals surface area contributed by atoms with Crippen molar-refractivity contribution in [2.45, 2.75) is 23.1 Å². The van der Waals surface area contributed by atoms with Gasteiger partial charge in [0, 0.05) is 12.6 Å². The second kappa shape index (κ2) is 8.64. The predicted octanol–water partition coefficient (Wildman–Crippen LogP) is 0.988. The molecule has 2 N–H and O–H groups in total. The molecule has 6 nitrogen and oxygen atoms in total. The molecule has 0 spiro atoms. The maximum Gasteiger partial charge on any atom is 0.236 e. The van der Waals surface area contributed by atoms with Crippen molar-refractivity contribution in [3.05, 3.63) is 35.9 Å². The highest BCUT2D eigenvalue weighted by Crippen LogP contribution is 2.29. The van der Waals surface area contributed by atoms with Gasteiger partial charge in [0.1, 0.15) is 6.54 Å². The lowest BCUT2D eigenvalue weighted by atomic mass is 10.2. The number of nitrogens with one attached hydrogen (secondary N) is 2. The van der Waals surface area contributed by atoms with Crippen LogP contribution in [-0.2, 0) is 11.3 Å². The van der Waals surface area contributed by atoms with Crippen molar-refractivity contribution in [2.24, 2.45) is 0 Å². The Hall–Kier alpha value is -1.64. The second-order valence-electron chi connectivity index (χ2n) is 6.12. The summed E-state index contributed by atoms with van der Waals surface area (Å²) in [4.78, 5) is 16.2. The molecule has 25 heavy (non-hydrogen) atoms. The number of piperazine rings is 1. The zero-order valence-corrected chi connectivity index (χ0v) is 16.2. The van der Waals surface area contributed by atoms with Gasteiger partial charge in [-0.1, -0.05) is 53.4 Å². The van der Waals surface area contributed by atoms with Crippen LogP contribution in [0.25, 0.3) is 0 Å². The Labute approximate surface area is 156 Å². The van der Waals surface area contributed by atoms with E-state index in [0.29, 0.717) is 0 Å². The molecule has 134 valence electrons. The molecule has 1 amide bonds. The molecule has 2 heterocycles. The number of anilines is 1. The second-order valence-corrected chi connectivity index (χ2v) is 8.69. The number of amides is 1. The van der Waals surface area contributed by atoms with Crippen molar-refractivity contribution in [2.75, 3.05) is 38.5 Å². The molecule has 1 aromatic heterocycles. The van der Waals surface area contributed by atoms with Crippen molar-refractivity contribution in [1.82, 2.24) is 15.1 Å². The number of aromatic nitrogens is 2. The van der Waals surface area contributed by atoms with Crippen molar-refractivity contribution < 1.29 is 9.69 Å². The van der Waals surface area contributed by atoms with Gasteiger partial charge >= 0.3 is 0 Å². The Morgan fingerprint density at radius 2 is 2.04 bits per heavy atom. The lowest BCUT2D eigenvalue weighted by molar-refractivity contribution is -0.917. The fourth-order valence-corrected chi connectivity index (χ4v) is 4.86. The van der Waals surface area contributed by atoms with E-state index in [-0.39, 0.29) is 11.2 Å². The molecule has 0 radical (unpaired) electrons. The molecule has 1 atom stereocenters. The number of quaternary nitrogens is 1.